The lowest BCUT2D eigenvalue weighted by atomic mass is 10.0. The molecule has 1 aromatic carbocycles. The Morgan fingerprint density at radius 3 is 2.38 bits per heavy atom. The molecular weight excluding hydrogens is 204 g/mol. The SMILES string of the molecule is C#CC(N)c1ccc(C[C@H](N)C(=O)O)cc1. The Labute approximate surface area is 94.3 Å². The van der Waals surface area contributed by atoms with Gasteiger partial charge in [0.15, 0.2) is 0 Å². The zero-order valence-electron chi connectivity index (χ0n) is 8.76. The largest absolute Gasteiger partial charge is 0.480 e. The van der Waals surface area contributed by atoms with Crippen molar-refractivity contribution >= 4 is 5.97 Å². The van der Waals surface area contributed by atoms with Crippen molar-refractivity contribution < 1.29 is 9.90 Å². The number of benzene rings is 1. The number of rotatable bonds is 4. The molecule has 0 aliphatic rings. The maximum atomic E-state index is 10.6. The standard InChI is InChI=1S/C12H14N2O2/c1-2-10(13)9-5-3-8(4-6-9)7-11(14)12(15)16/h1,3-6,10-11H,7,13-14H2,(H,15,16)/t10?,11-/m0/s1. The average Bonchev–Trinajstić information content (AvgIpc) is 2.28. The van der Waals surface area contributed by atoms with Gasteiger partial charge in [-0.2, -0.15) is 0 Å². The van der Waals surface area contributed by atoms with E-state index < -0.39 is 18.1 Å². The van der Waals surface area contributed by atoms with Gasteiger partial charge in [0.1, 0.15) is 6.04 Å². The van der Waals surface area contributed by atoms with E-state index in [2.05, 4.69) is 5.92 Å². The molecule has 0 saturated carbocycles. The van der Waals surface area contributed by atoms with Gasteiger partial charge in [0.05, 0.1) is 6.04 Å². The van der Waals surface area contributed by atoms with E-state index in [0.717, 1.165) is 11.1 Å². The molecule has 84 valence electrons. The van der Waals surface area contributed by atoms with E-state index in [1.54, 1.807) is 24.3 Å². The number of carbonyl (C=O) groups is 1. The lowest BCUT2D eigenvalue weighted by Crippen LogP contribution is -2.32. The van der Waals surface area contributed by atoms with Gasteiger partial charge in [-0.3, -0.25) is 4.79 Å². The molecule has 0 aliphatic carbocycles. The summed E-state index contributed by atoms with van der Waals surface area (Å²) in [4.78, 5) is 10.6. The van der Waals surface area contributed by atoms with Crippen LogP contribution in [-0.4, -0.2) is 17.1 Å². The van der Waals surface area contributed by atoms with Gasteiger partial charge in [-0.05, 0) is 17.5 Å². The molecule has 0 aromatic heterocycles. The van der Waals surface area contributed by atoms with Crippen molar-refractivity contribution in [2.75, 3.05) is 0 Å². The fourth-order valence-corrected chi connectivity index (χ4v) is 1.30. The number of terminal acetylenes is 1. The Hall–Kier alpha value is -1.83. The normalized spacial score (nSPS) is 13.8. The zero-order valence-corrected chi connectivity index (χ0v) is 8.76. The van der Waals surface area contributed by atoms with Crippen LogP contribution in [0.3, 0.4) is 0 Å². The summed E-state index contributed by atoms with van der Waals surface area (Å²) in [6.07, 6.45) is 5.48. The zero-order chi connectivity index (χ0) is 12.1. The number of carboxylic acid groups (broad SMARTS) is 1. The number of nitrogens with two attached hydrogens (primary N) is 2. The predicted octanol–water partition coefficient (Wildman–Crippen LogP) is 0.274. The Morgan fingerprint density at radius 1 is 1.38 bits per heavy atom. The van der Waals surface area contributed by atoms with Crippen LogP contribution in [-0.2, 0) is 11.2 Å². The second kappa shape index (κ2) is 5.31. The molecule has 0 bridgehead atoms. The molecule has 0 amide bonds. The number of hydrogen-bond acceptors (Lipinski definition) is 3. The van der Waals surface area contributed by atoms with Crippen molar-refractivity contribution in [1.82, 2.24) is 0 Å². The number of hydrogen-bond donors (Lipinski definition) is 3. The van der Waals surface area contributed by atoms with Gasteiger partial charge in [0.25, 0.3) is 0 Å². The molecule has 0 radical (unpaired) electrons. The first-order valence-electron chi connectivity index (χ1n) is 4.83. The number of aliphatic carboxylic acids is 1. The minimum absolute atomic E-state index is 0.293. The second-order valence-corrected chi connectivity index (χ2v) is 3.53. The third-order valence-corrected chi connectivity index (χ3v) is 2.29. The van der Waals surface area contributed by atoms with Gasteiger partial charge >= 0.3 is 5.97 Å². The van der Waals surface area contributed by atoms with Crippen LogP contribution in [0.5, 0.6) is 0 Å². The highest BCUT2D eigenvalue weighted by Gasteiger charge is 2.12. The fourth-order valence-electron chi connectivity index (χ4n) is 1.30. The Morgan fingerprint density at radius 2 is 1.94 bits per heavy atom. The second-order valence-electron chi connectivity index (χ2n) is 3.53. The molecule has 16 heavy (non-hydrogen) atoms. The molecule has 0 saturated heterocycles. The van der Waals surface area contributed by atoms with Crippen molar-refractivity contribution in [2.24, 2.45) is 11.5 Å². The van der Waals surface area contributed by atoms with Gasteiger partial charge in [-0.1, -0.05) is 30.2 Å². The van der Waals surface area contributed by atoms with Crippen molar-refractivity contribution in [2.45, 2.75) is 18.5 Å². The monoisotopic (exact) mass is 218 g/mol. The quantitative estimate of drug-likeness (QED) is 0.633. The third-order valence-electron chi connectivity index (χ3n) is 2.29. The van der Waals surface area contributed by atoms with Crippen molar-refractivity contribution in [3.63, 3.8) is 0 Å². The van der Waals surface area contributed by atoms with E-state index in [0.29, 0.717) is 6.42 Å². The molecule has 5 N–H and O–H groups in total. The van der Waals surface area contributed by atoms with Gasteiger partial charge in [-0.15, -0.1) is 6.42 Å². The summed E-state index contributed by atoms with van der Waals surface area (Å²) >= 11 is 0. The lowest BCUT2D eigenvalue weighted by molar-refractivity contribution is -0.138. The van der Waals surface area contributed by atoms with E-state index in [1.165, 1.54) is 0 Å². The molecule has 1 rings (SSSR count). The first kappa shape index (κ1) is 12.2. The molecule has 0 aliphatic heterocycles. The highest BCUT2D eigenvalue weighted by molar-refractivity contribution is 5.73. The maximum Gasteiger partial charge on any atom is 0.320 e. The summed E-state index contributed by atoms with van der Waals surface area (Å²) < 4.78 is 0. The topological polar surface area (TPSA) is 89.3 Å². The average molecular weight is 218 g/mol. The van der Waals surface area contributed by atoms with Crippen LogP contribution >= 0.6 is 0 Å². The molecule has 0 spiro atoms. The highest BCUT2D eigenvalue weighted by Crippen LogP contribution is 2.11. The van der Waals surface area contributed by atoms with Crippen LogP contribution in [0.4, 0.5) is 0 Å². The van der Waals surface area contributed by atoms with E-state index in [1.807, 2.05) is 0 Å². The Kier molecular flexibility index (Phi) is 4.06. The number of carboxylic acids is 1. The van der Waals surface area contributed by atoms with Crippen LogP contribution in [0.25, 0.3) is 0 Å². The summed E-state index contributed by atoms with van der Waals surface area (Å²) in [6, 6.07) is 5.84. The van der Waals surface area contributed by atoms with Crippen LogP contribution in [0, 0.1) is 12.3 Å². The predicted molar refractivity (Wildman–Crippen MR) is 61.5 cm³/mol. The smallest absolute Gasteiger partial charge is 0.320 e. The van der Waals surface area contributed by atoms with Crippen LogP contribution < -0.4 is 11.5 Å². The van der Waals surface area contributed by atoms with E-state index in [-0.39, 0.29) is 0 Å². The van der Waals surface area contributed by atoms with E-state index in [9.17, 15) is 4.79 Å². The maximum absolute atomic E-state index is 10.6. The van der Waals surface area contributed by atoms with E-state index >= 15 is 0 Å². The van der Waals surface area contributed by atoms with Gasteiger partial charge in [0.2, 0.25) is 0 Å². The summed E-state index contributed by atoms with van der Waals surface area (Å²) in [6.45, 7) is 0. The molecule has 4 heteroatoms. The molecule has 2 atom stereocenters. The first-order chi connectivity index (χ1) is 7.54. The Balaban J connectivity index is 2.73. The molecule has 0 heterocycles. The van der Waals surface area contributed by atoms with Crippen molar-refractivity contribution in [3.05, 3.63) is 35.4 Å². The van der Waals surface area contributed by atoms with Gasteiger partial charge in [-0.25, -0.2) is 0 Å². The van der Waals surface area contributed by atoms with Gasteiger partial charge < -0.3 is 16.6 Å². The van der Waals surface area contributed by atoms with Crippen molar-refractivity contribution in [1.29, 1.82) is 0 Å². The molecular formula is C12H14N2O2. The minimum Gasteiger partial charge on any atom is -0.480 e. The third kappa shape index (κ3) is 3.09. The molecule has 1 unspecified atom stereocenters. The van der Waals surface area contributed by atoms with Gasteiger partial charge in [0, 0.05) is 0 Å². The minimum atomic E-state index is -1.01. The van der Waals surface area contributed by atoms with E-state index in [4.69, 9.17) is 23.0 Å². The Bertz CT molecular complexity index is 406. The summed E-state index contributed by atoms with van der Waals surface area (Å²) in [5.74, 6) is 1.41. The fraction of sp³-hybridized carbons (Fsp3) is 0.250. The lowest BCUT2D eigenvalue weighted by Gasteiger charge is -2.08. The summed E-state index contributed by atoms with van der Waals surface area (Å²) in [5, 5.41) is 8.65. The molecule has 4 nitrogen and oxygen atoms in total. The van der Waals surface area contributed by atoms with Crippen LogP contribution in [0.15, 0.2) is 24.3 Å². The van der Waals surface area contributed by atoms with Crippen LogP contribution in [0.2, 0.25) is 0 Å². The van der Waals surface area contributed by atoms with Crippen molar-refractivity contribution in [3.8, 4) is 12.3 Å². The summed E-state index contributed by atoms with van der Waals surface area (Å²) in [7, 11) is 0. The first-order valence-corrected chi connectivity index (χ1v) is 4.83. The van der Waals surface area contributed by atoms with Crippen LogP contribution in [0.1, 0.15) is 17.2 Å². The molecule has 1 aromatic rings. The highest BCUT2D eigenvalue weighted by atomic mass is 16.4. The summed E-state index contributed by atoms with van der Waals surface area (Å²) in [5.41, 5.74) is 12.7. The molecule has 0 fully saturated rings.